The van der Waals surface area contributed by atoms with Crippen LogP contribution in [0.2, 0.25) is 0 Å². The second-order valence-electron chi connectivity index (χ2n) is 7.05. The first kappa shape index (κ1) is 21.2. The largest absolute Gasteiger partial charge is 0.497 e. The van der Waals surface area contributed by atoms with E-state index in [0.29, 0.717) is 22.6 Å². The number of nitrogens with one attached hydrogen (secondary N) is 2. The lowest BCUT2D eigenvalue weighted by Crippen LogP contribution is -2.30. The van der Waals surface area contributed by atoms with Gasteiger partial charge in [0.05, 0.1) is 33.8 Å². The number of carbonyl (C=O) groups is 2. The average molecular weight is 410 g/mol. The first-order valence-electron chi connectivity index (χ1n) is 9.56. The van der Waals surface area contributed by atoms with Crippen LogP contribution in [0.1, 0.15) is 39.6 Å². The topological polar surface area (TPSA) is 89.7 Å². The molecule has 1 aromatic heterocycles. The zero-order valence-electron chi connectivity index (χ0n) is 17.8. The molecule has 0 saturated carbocycles. The Kier molecular flexibility index (Phi) is 6.30. The van der Waals surface area contributed by atoms with Gasteiger partial charge in [-0.3, -0.25) is 9.59 Å². The van der Waals surface area contributed by atoms with Gasteiger partial charge in [0.1, 0.15) is 11.5 Å². The molecule has 30 heavy (non-hydrogen) atoms. The highest BCUT2D eigenvalue weighted by Crippen LogP contribution is 2.32. The molecule has 7 heteroatoms. The minimum atomic E-state index is -0.629. The van der Waals surface area contributed by atoms with Gasteiger partial charge < -0.3 is 24.5 Å². The Morgan fingerprint density at radius 2 is 1.80 bits per heavy atom. The summed E-state index contributed by atoms with van der Waals surface area (Å²) in [6.07, 6.45) is -0.0323. The molecule has 0 spiro atoms. The van der Waals surface area contributed by atoms with Crippen molar-refractivity contribution in [2.45, 2.75) is 26.3 Å². The molecule has 0 radical (unpaired) electrons. The van der Waals surface area contributed by atoms with Crippen LogP contribution in [0.15, 0.2) is 36.4 Å². The van der Waals surface area contributed by atoms with Crippen molar-refractivity contribution in [2.75, 3.05) is 21.3 Å². The lowest BCUT2D eigenvalue weighted by atomic mass is 10.0. The molecule has 1 heterocycles. The van der Waals surface area contributed by atoms with E-state index in [2.05, 4.69) is 10.3 Å². The Morgan fingerprint density at radius 1 is 1.03 bits per heavy atom. The maximum Gasteiger partial charge on any atom is 0.307 e. The SMILES string of the molecule is COC(=O)C[C@@H](NC(=O)c1ccc2[nH]c(C)c(C)c2c1)c1ccc(OC)cc1OC. The van der Waals surface area contributed by atoms with E-state index in [1.807, 2.05) is 26.0 Å². The highest BCUT2D eigenvalue weighted by atomic mass is 16.5. The van der Waals surface area contributed by atoms with Crippen LogP contribution in [0, 0.1) is 13.8 Å². The molecular formula is C23H26N2O5. The summed E-state index contributed by atoms with van der Waals surface area (Å²) in [5.74, 6) is 0.395. The van der Waals surface area contributed by atoms with Gasteiger partial charge in [0.25, 0.3) is 5.91 Å². The van der Waals surface area contributed by atoms with E-state index in [-0.39, 0.29) is 12.3 Å². The van der Waals surface area contributed by atoms with Gasteiger partial charge in [-0.15, -0.1) is 0 Å². The maximum absolute atomic E-state index is 13.0. The molecule has 0 saturated heterocycles. The molecule has 0 aliphatic carbocycles. The fourth-order valence-corrected chi connectivity index (χ4v) is 3.44. The number of aromatic nitrogens is 1. The van der Waals surface area contributed by atoms with Crippen molar-refractivity contribution in [3.63, 3.8) is 0 Å². The summed E-state index contributed by atoms with van der Waals surface area (Å²) in [4.78, 5) is 28.4. The van der Waals surface area contributed by atoms with Crippen LogP contribution in [0.5, 0.6) is 11.5 Å². The summed E-state index contributed by atoms with van der Waals surface area (Å²) in [5, 5.41) is 3.94. The molecule has 0 bridgehead atoms. The van der Waals surface area contributed by atoms with E-state index >= 15 is 0 Å². The highest BCUT2D eigenvalue weighted by Gasteiger charge is 2.23. The van der Waals surface area contributed by atoms with Crippen molar-refractivity contribution in [1.82, 2.24) is 10.3 Å². The van der Waals surface area contributed by atoms with E-state index in [0.717, 1.165) is 22.2 Å². The standard InChI is InChI=1S/C23H26N2O5/c1-13-14(2)24-19-9-6-15(10-18(13)19)23(27)25-20(12-22(26)30-5)17-8-7-16(28-3)11-21(17)29-4/h6-11,20,24H,12H2,1-5H3,(H,25,27)/t20-/m1/s1. The van der Waals surface area contributed by atoms with E-state index in [4.69, 9.17) is 14.2 Å². The monoisotopic (exact) mass is 410 g/mol. The van der Waals surface area contributed by atoms with E-state index in [1.54, 1.807) is 31.4 Å². The zero-order chi connectivity index (χ0) is 21.8. The van der Waals surface area contributed by atoms with Crippen LogP contribution in [-0.2, 0) is 9.53 Å². The third-order valence-corrected chi connectivity index (χ3v) is 5.29. The predicted octanol–water partition coefficient (Wildman–Crippen LogP) is 3.84. The van der Waals surface area contributed by atoms with Crippen molar-refractivity contribution in [3.8, 4) is 11.5 Å². The third kappa shape index (κ3) is 4.25. The number of carbonyl (C=O) groups excluding carboxylic acids is 2. The number of methoxy groups -OCH3 is 3. The number of rotatable bonds is 7. The number of hydrogen-bond donors (Lipinski definition) is 2. The van der Waals surface area contributed by atoms with Crippen LogP contribution < -0.4 is 14.8 Å². The number of fused-ring (bicyclic) bond motifs is 1. The van der Waals surface area contributed by atoms with E-state index in [9.17, 15) is 9.59 Å². The highest BCUT2D eigenvalue weighted by molar-refractivity contribution is 5.99. The van der Waals surface area contributed by atoms with Crippen LogP contribution in [0.25, 0.3) is 10.9 Å². The van der Waals surface area contributed by atoms with Crippen LogP contribution in [0.4, 0.5) is 0 Å². The number of esters is 1. The fraction of sp³-hybridized carbons (Fsp3) is 0.304. The molecule has 3 rings (SSSR count). The molecule has 1 amide bonds. The lowest BCUT2D eigenvalue weighted by Gasteiger charge is -2.21. The Hall–Kier alpha value is -3.48. The number of aryl methyl sites for hydroxylation is 2. The molecular weight excluding hydrogens is 384 g/mol. The molecule has 0 aliphatic rings. The number of benzene rings is 2. The number of H-pyrrole nitrogens is 1. The van der Waals surface area contributed by atoms with Crippen molar-refractivity contribution in [3.05, 3.63) is 58.8 Å². The Balaban J connectivity index is 1.94. The molecule has 1 atom stereocenters. The molecule has 0 unspecified atom stereocenters. The number of amides is 1. The molecule has 158 valence electrons. The van der Waals surface area contributed by atoms with Crippen molar-refractivity contribution < 1.29 is 23.8 Å². The normalized spacial score (nSPS) is 11.8. The Morgan fingerprint density at radius 3 is 2.47 bits per heavy atom. The lowest BCUT2D eigenvalue weighted by molar-refractivity contribution is -0.141. The second-order valence-corrected chi connectivity index (χ2v) is 7.05. The molecule has 2 aromatic carbocycles. The predicted molar refractivity (Wildman–Crippen MR) is 114 cm³/mol. The smallest absolute Gasteiger partial charge is 0.307 e. The molecule has 3 aromatic rings. The number of ether oxygens (including phenoxy) is 3. The molecule has 0 aliphatic heterocycles. The summed E-state index contributed by atoms with van der Waals surface area (Å²) < 4.78 is 15.5. The zero-order valence-corrected chi connectivity index (χ0v) is 17.8. The van der Waals surface area contributed by atoms with Crippen LogP contribution >= 0.6 is 0 Å². The quantitative estimate of drug-likeness (QED) is 0.578. The summed E-state index contributed by atoms with van der Waals surface area (Å²) in [5.41, 5.74) is 4.31. The minimum absolute atomic E-state index is 0.0323. The summed E-state index contributed by atoms with van der Waals surface area (Å²) in [7, 11) is 4.40. The Labute approximate surface area is 175 Å². The molecule has 7 nitrogen and oxygen atoms in total. The summed E-state index contributed by atoms with van der Waals surface area (Å²) in [6, 6.07) is 10.1. The number of hydrogen-bond acceptors (Lipinski definition) is 5. The first-order valence-corrected chi connectivity index (χ1v) is 9.56. The van der Waals surface area contributed by atoms with Crippen LogP contribution in [0.3, 0.4) is 0 Å². The minimum Gasteiger partial charge on any atom is -0.497 e. The number of aromatic amines is 1. The van der Waals surface area contributed by atoms with E-state index in [1.165, 1.54) is 14.2 Å². The van der Waals surface area contributed by atoms with Gasteiger partial charge >= 0.3 is 5.97 Å². The van der Waals surface area contributed by atoms with Gasteiger partial charge in [-0.2, -0.15) is 0 Å². The average Bonchev–Trinajstić information content (AvgIpc) is 3.05. The van der Waals surface area contributed by atoms with Gasteiger partial charge in [-0.1, -0.05) is 0 Å². The first-order chi connectivity index (χ1) is 14.4. The van der Waals surface area contributed by atoms with Crippen molar-refractivity contribution in [2.24, 2.45) is 0 Å². The van der Waals surface area contributed by atoms with Crippen molar-refractivity contribution in [1.29, 1.82) is 0 Å². The summed E-state index contributed by atoms with van der Waals surface area (Å²) in [6.45, 7) is 4.01. The molecule has 2 N–H and O–H groups in total. The van der Waals surface area contributed by atoms with E-state index < -0.39 is 12.0 Å². The maximum atomic E-state index is 13.0. The Bertz CT molecular complexity index is 1090. The summed E-state index contributed by atoms with van der Waals surface area (Å²) >= 11 is 0. The fourth-order valence-electron chi connectivity index (χ4n) is 3.44. The van der Waals surface area contributed by atoms with Gasteiger partial charge in [0.2, 0.25) is 0 Å². The van der Waals surface area contributed by atoms with Crippen molar-refractivity contribution >= 4 is 22.8 Å². The second kappa shape index (κ2) is 8.90. The van der Waals surface area contributed by atoms with Gasteiger partial charge in [0.15, 0.2) is 0 Å². The van der Waals surface area contributed by atoms with Crippen LogP contribution in [-0.4, -0.2) is 38.2 Å². The van der Waals surface area contributed by atoms with Gasteiger partial charge in [-0.05, 0) is 49.7 Å². The molecule has 0 fully saturated rings. The van der Waals surface area contributed by atoms with Gasteiger partial charge in [0, 0.05) is 33.8 Å². The van der Waals surface area contributed by atoms with Gasteiger partial charge in [-0.25, -0.2) is 0 Å². The third-order valence-electron chi connectivity index (χ3n) is 5.29.